The highest BCUT2D eigenvalue weighted by molar-refractivity contribution is 5.78. The largest absolute Gasteiger partial charge is 0.478 e. The first kappa shape index (κ1) is 70.6. The first-order valence-electron chi connectivity index (χ1n) is 25.3. The summed E-state index contributed by atoms with van der Waals surface area (Å²) in [6, 6.07) is 0. The summed E-state index contributed by atoms with van der Waals surface area (Å²) in [5, 5.41) is 26.0. The van der Waals surface area contributed by atoms with Gasteiger partial charge in [0.2, 0.25) is 0 Å². The number of hydrogen-bond acceptors (Lipinski definition) is 18. The van der Waals surface area contributed by atoms with E-state index in [1.807, 2.05) is 104 Å². The van der Waals surface area contributed by atoms with Crippen molar-refractivity contribution in [3.05, 3.63) is 12.7 Å². The quantitative estimate of drug-likeness (QED) is 0.0624. The average molecular weight is 1020 g/mol. The molecule has 70 heavy (non-hydrogen) atoms. The maximum Gasteiger partial charge on any atom is 0.327 e. The Balaban J connectivity index is 0. The van der Waals surface area contributed by atoms with E-state index in [0.29, 0.717) is 92.5 Å². The van der Waals surface area contributed by atoms with Crippen molar-refractivity contribution in [2.45, 2.75) is 208 Å². The minimum atomic E-state index is -0.981. The van der Waals surface area contributed by atoms with E-state index in [2.05, 4.69) is 6.58 Å². The van der Waals surface area contributed by atoms with Gasteiger partial charge >= 0.3 is 5.97 Å². The zero-order valence-electron chi connectivity index (χ0n) is 46.2. The van der Waals surface area contributed by atoms with Crippen LogP contribution in [0.15, 0.2) is 12.7 Å². The van der Waals surface area contributed by atoms with Crippen molar-refractivity contribution in [3.63, 3.8) is 0 Å². The van der Waals surface area contributed by atoms with Gasteiger partial charge in [0.15, 0.2) is 0 Å². The van der Waals surface area contributed by atoms with Gasteiger partial charge in [-0.15, -0.1) is 0 Å². The van der Waals surface area contributed by atoms with Crippen molar-refractivity contribution in [1.82, 2.24) is 0 Å². The van der Waals surface area contributed by atoms with Gasteiger partial charge in [-0.05, 0) is 111 Å². The van der Waals surface area contributed by atoms with Crippen molar-refractivity contribution in [3.8, 4) is 0 Å². The Morgan fingerprint density at radius 3 is 0.529 bits per heavy atom. The highest BCUT2D eigenvalue weighted by Crippen LogP contribution is 2.08. The minimum absolute atomic E-state index is 0.0106. The molecule has 0 aliphatic carbocycles. The maximum atomic E-state index is 9.34. The van der Waals surface area contributed by atoms with Gasteiger partial charge in [0.25, 0.3) is 0 Å². The molecule has 0 aromatic carbocycles. The van der Waals surface area contributed by atoms with Crippen LogP contribution in [0.1, 0.15) is 111 Å². The highest BCUT2D eigenvalue weighted by atomic mass is 16.6. The Labute approximate surface area is 423 Å². The van der Waals surface area contributed by atoms with E-state index in [1.165, 1.54) is 0 Å². The standard InChI is InChI=1S/C48H98O17.C3H4O2/c1-33(50)18-51-35(3)20-53-37(5)22-55-39(7)24-57-41(9)26-59-43(11)28-61-45(13)30-63-47(15)32-65-48(16)31-64-46(14)29-62-44(12)27-60-42(10)25-58-40(8)23-56-38(6)21-54-36(4)19-52-34(2)17-49;1-2-3(4)5/h33-50H,17-32H2,1-16H3;2H,1H2,(H,4,5). The summed E-state index contributed by atoms with van der Waals surface area (Å²) in [4.78, 5) is 9.25. The van der Waals surface area contributed by atoms with Gasteiger partial charge in [0, 0.05) is 6.08 Å². The molecule has 16 unspecified atom stereocenters. The maximum absolute atomic E-state index is 9.34. The normalized spacial score (nSPS) is 18.9. The fourth-order valence-corrected chi connectivity index (χ4v) is 5.23. The number of ether oxygens (including phenoxy) is 15. The number of rotatable bonds is 47. The highest BCUT2D eigenvalue weighted by Gasteiger charge is 2.18. The summed E-state index contributed by atoms with van der Waals surface area (Å²) in [6.07, 6.45) is -1.23. The topological polar surface area (TPSA) is 216 Å². The Kier molecular flexibility index (Phi) is 45.4. The average Bonchev–Trinajstić information content (AvgIpc) is 3.33. The van der Waals surface area contributed by atoms with Crippen molar-refractivity contribution in [1.29, 1.82) is 0 Å². The molecule has 0 spiro atoms. The van der Waals surface area contributed by atoms with E-state index < -0.39 is 12.1 Å². The fourth-order valence-electron chi connectivity index (χ4n) is 5.23. The third-order valence-electron chi connectivity index (χ3n) is 9.67. The van der Waals surface area contributed by atoms with Crippen molar-refractivity contribution >= 4 is 5.97 Å². The van der Waals surface area contributed by atoms with Crippen LogP contribution in [0.2, 0.25) is 0 Å². The first-order valence-corrected chi connectivity index (χ1v) is 25.3. The molecule has 0 aromatic rings. The van der Waals surface area contributed by atoms with Gasteiger partial charge in [-0.25, -0.2) is 4.79 Å². The predicted octanol–water partition coefficient (Wildman–Crippen LogP) is 5.69. The minimum Gasteiger partial charge on any atom is -0.478 e. The number of carboxylic acid groups (broad SMARTS) is 1. The van der Waals surface area contributed by atoms with Crippen LogP contribution in [0.3, 0.4) is 0 Å². The van der Waals surface area contributed by atoms with Crippen molar-refractivity contribution < 1.29 is 91.2 Å². The third kappa shape index (κ3) is 47.5. The Bertz CT molecular complexity index is 1190. The molecule has 0 aromatic heterocycles. The summed E-state index contributed by atoms with van der Waals surface area (Å²) in [5.74, 6) is -0.981. The molecule has 0 saturated heterocycles. The molecule has 0 fully saturated rings. The molecular formula is C51H102O19. The molecule has 3 N–H and O–H groups in total. The summed E-state index contributed by atoms with van der Waals surface area (Å²) in [5.41, 5.74) is 0. The zero-order chi connectivity index (χ0) is 53.4. The van der Waals surface area contributed by atoms with Gasteiger partial charge in [-0.2, -0.15) is 0 Å². The fraction of sp³-hybridized carbons (Fsp3) is 0.941. The lowest BCUT2D eigenvalue weighted by atomic mass is 10.3. The molecule has 0 aliphatic heterocycles. The van der Waals surface area contributed by atoms with Crippen LogP contribution in [0, 0.1) is 0 Å². The summed E-state index contributed by atoms with van der Waals surface area (Å²) in [6.45, 7) is 40.5. The molecule has 0 heterocycles. The molecule has 0 bridgehead atoms. The van der Waals surface area contributed by atoms with Gasteiger partial charge in [-0.3, -0.25) is 0 Å². The number of aliphatic hydroxyl groups excluding tert-OH is 2. The van der Waals surface area contributed by atoms with Gasteiger partial charge < -0.3 is 86.4 Å². The molecule has 420 valence electrons. The lowest BCUT2D eigenvalue weighted by molar-refractivity contribution is -0.131. The number of aliphatic carboxylic acids is 1. The Morgan fingerprint density at radius 2 is 0.429 bits per heavy atom. The van der Waals surface area contributed by atoms with Crippen LogP contribution in [-0.2, 0) is 75.8 Å². The lowest BCUT2D eigenvalue weighted by Crippen LogP contribution is -2.31. The van der Waals surface area contributed by atoms with Gasteiger partial charge in [-0.1, -0.05) is 6.58 Å². The third-order valence-corrected chi connectivity index (χ3v) is 9.67. The molecule has 0 radical (unpaired) electrons. The van der Waals surface area contributed by atoms with E-state index in [0.717, 1.165) is 6.08 Å². The second kappa shape index (κ2) is 45.0. The van der Waals surface area contributed by atoms with Crippen LogP contribution >= 0.6 is 0 Å². The number of aliphatic hydroxyl groups is 2. The lowest BCUT2D eigenvalue weighted by Gasteiger charge is -2.23. The van der Waals surface area contributed by atoms with Crippen LogP contribution in [0.4, 0.5) is 0 Å². The second-order valence-electron chi connectivity index (χ2n) is 18.7. The summed E-state index contributed by atoms with van der Waals surface area (Å²) < 4.78 is 88.0. The molecular weight excluding hydrogens is 917 g/mol. The molecule has 19 nitrogen and oxygen atoms in total. The zero-order valence-corrected chi connectivity index (χ0v) is 46.2. The van der Waals surface area contributed by atoms with E-state index >= 15 is 0 Å². The molecule has 0 amide bonds. The SMILES string of the molecule is C=CC(=O)O.CC(O)COC(C)COC(C)COC(C)COC(C)COC(C)COC(C)COC(C)COC(C)COC(C)COC(C)COC(C)COC(C)COC(C)COC(C)COC(C)CO. The smallest absolute Gasteiger partial charge is 0.327 e. The van der Waals surface area contributed by atoms with Crippen LogP contribution in [-0.4, -0.2) is 225 Å². The van der Waals surface area contributed by atoms with Crippen LogP contribution in [0.5, 0.6) is 0 Å². The number of carbonyl (C=O) groups is 1. The van der Waals surface area contributed by atoms with E-state index in [9.17, 15) is 9.90 Å². The Hall–Kier alpha value is -1.47. The first-order chi connectivity index (χ1) is 32.9. The van der Waals surface area contributed by atoms with Gasteiger partial charge in [0.05, 0.1) is 203 Å². The van der Waals surface area contributed by atoms with Crippen molar-refractivity contribution in [2.24, 2.45) is 0 Å². The molecule has 16 atom stereocenters. The summed E-state index contributed by atoms with van der Waals surface area (Å²) in [7, 11) is 0. The number of hydrogen-bond donors (Lipinski definition) is 3. The molecule has 19 heteroatoms. The van der Waals surface area contributed by atoms with Gasteiger partial charge in [0.1, 0.15) is 0 Å². The summed E-state index contributed by atoms with van der Waals surface area (Å²) >= 11 is 0. The Morgan fingerprint density at radius 1 is 0.314 bits per heavy atom. The number of carboxylic acids is 1. The van der Waals surface area contributed by atoms with E-state index in [4.69, 9.17) is 81.3 Å². The monoisotopic (exact) mass is 1020 g/mol. The van der Waals surface area contributed by atoms with E-state index in [-0.39, 0.29) is 105 Å². The second-order valence-corrected chi connectivity index (χ2v) is 18.7. The molecule has 0 saturated carbocycles. The van der Waals surface area contributed by atoms with Crippen LogP contribution < -0.4 is 0 Å². The van der Waals surface area contributed by atoms with E-state index in [1.54, 1.807) is 6.92 Å². The predicted molar refractivity (Wildman–Crippen MR) is 268 cm³/mol. The van der Waals surface area contributed by atoms with Crippen molar-refractivity contribution in [2.75, 3.05) is 106 Å². The van der Waals surface area contributed by atoms with Crippen LogP contribution in [0.25, 0.3) is 0 Å². The molecule has 0 aliphatic rings. The molecule has 0 rings (SSSR count).